The fraction of sp³-hybridized carbons (Fsp3) is 0.636. The van der Waals surface area contributed by atoms with Crippen LogP contribution in [0.5, 0.6) is 0 Å². The number of carbonyl (C=O) groups is 1. The molecule has 0 saturated heterocycles. The van der Waals surface area contributed by atoms with Crippen molar-refractivity contribution < 1.29 is 9.90 Å². The van der Waals surface area contributed by atoms with Crippen molar-refractivity contribution in [3.8, 4) is 0 Å². The fourth-order valence-corrected chi connectivity index (χ4v) is 1.86. The number of nitrogens with one attached hydrogen (secondary N) is 1. The molecule has 5 heteroatoms. The molecule has 0 spiro atoms. The molecule has 1 heterocycles. The van der Waals surface area contributed by atoms with E-state index in [1.54, 1.807) is 12.3 Å². The molecule has 1 aromatic heterocycles. The Kier molecular flexibility index (Phi) is 4.44. The van der Waals surface area contributed by atoms with E-state index in [0.717, 1.165) is 0 Å². The van der Waals surface area contributed by atoms with Crippen LogP contribution in [0.1, 0.15) is 39.5 Å². The van der Waals surface area contributed by atoms with E-state index in [-0.39, 0.29) is 11.8 Å². The molecule has 0 saturated carbocycles. The quantitative estimate of drug-likeness (QED) is 0.852. The normalized spacial score (nSPS) is 14.9. The van der Waals surface area contributed by atoms with Gasteiger partial charge < -0.3 is 10.4 Å². The molecule has 0 fully saturated rings. The molecule has 0 aromatic carbocycles. The van der Waals surface area contributed by atoms with Gasteiger partial charge in [0.2, 0.25) is 5.91 Å². The van der Waals surface area contributed by atoms with Gasteiger partial charge in [0.25, 0.3) is 0 Å². The van der Waals surface area contributed by atoms with E-state index in [9.17, 15) is 9.90 Å². The highest BCUT2D eigenvalue weighted by Gasteiger charge is 2.18. The average Bonchev–Trinajstić information content (AvgIpc) is 2.64. The first-order valence-electron chi connectivity index (χ1n) is 5.36. The van der Waals surface area contributed by atoms with Crippen molar-refractivity contribution in [2.45, 2.75) is 33.8 Å². The van der Waals surface area contributed by atoms with Crippen molar-refractivity contribution in [3.05, 3.63) is 11.1 Å². The molecule has 16 heavy (non-hydrogen) atoms. The molecule has 4 nitrogen and oxygen atoms in total. The monoisotopic (exact) mass is 242 g/mol. The fourth-order valence-electron chi connectivity index (χ4n) is 1.06. The van der Waals surface area contributed by atoms with Gasteiger partial charge in [-0.05, 0) is 12.8 Å². The second kappa shape index (κ2) is 5.41. The molecular formula is C11H18N2O2S. The van der Waals surface area contributed by atoms with Crippen LogP contribution in [0.25, 0.3) is 0 Å². The molecule has 0 radical (unpaired) electrons. The van der Waals surface area contributed by atoms with Crippen LogP contribution in [0, 0.1) is 11.8 Å². The minimum atomic E-state index is -0.593. The SMILES string of the molecule is CC(O)c1csc(NC(=O)C(C)C(C)C)n1. The number of hydrogen-bond donors (Lipinski definition) is 2. The van der Waals surface area contributed by atoms with Crippen molar-refractivity contribution in [2.24, 2.45) is 11.8 Å². The molecule has 1 aromatic rings. The van der Waals surface area contributed by atoms with Crippen LogP contribution in [0.15, 0.2) is 5.38 Å². The lowest BCUT2D eigenvalue weighted by atomic mass is 9.97. The minimum Gasteiger partial charge on any atom is -0.387 e. The van der Waals surface area contributed by atoms with Crippen molar-refractivity contribution >= 4 is 22.4 Å². The summed E-state index contributed by atoms with van der Waals surface area (Å²) in [5.41, 5.74) is 0.595. The van der Waals surface area contributed by atoms with E-state index in [1.807, 2.05) is 20.8 Å². The number of amides is 1. The zero-order valence-electron chi connectivity index (χ0n) is 10.0. The first-order chi connectivity index (χ1) is 7.41. The standard InChI is InChI=1S/C11H18N2O2S/c1-6(2)7(3)10(15)13-11-12-9(5-16-11)8(4)14/h5-8,14H,1-4H3,(H,12,13,15). The third-order valence-corrected chi connectivity index (χ3v) is 3.37. The summed E-state index contributed by atoms with van der Waals surface area (Å²) in [6, 6.07) is 0. The smallest absolute Gasteiger partial charge is 0.229 e. The van der Waals surface area contributed by atoms with E-state index in [2.05, 4.69) is 10.3 Å². The number of thiazole rings is 1. The molecule has 0 aliphatic carbocycles. The molecule has 1 rings (SSSR count). The molecular weight excluding hydrogens is 224 g/mol. The van der Waals surface area contributed by atoms with Crippen LogP contribution < -0.4 is 5.32 Å². The van der Waals surface area contributed by atoms with Gasteiger partial charge in [-0.25, -0.2) is 4.98 Å². The first-order valence-corrected chi connectivity index (χ1v) is 6.24. The zero-order valence-corrected chi connectivity index (χ0v) is 10.8. The summed E-state index contributed by atoms with van der Waals surface area (Å²) in [4.78, 5) is 15.9. The number of aliphatic hydroxyl groups excluding tert-OH is 1. The molecule has 2 atom stereocenters. The number of carbonyl (C=O) groups excluding carboxylic acids is 1. The highest BCUT2D eigenvalue weighted by atomic mass is 32.1. The Bertz CT molecular complexity index is 361. The van der Waals surface area contributed by atoms with Gasteiger partial charge >= 0.3 is 0 Å². The number of nitrogens with zero attached hydrogens (tertiary/aromatic N) is 1. The van der Waals surface area contributed by atoms with Crippen molar-refractivity contribution in [1.82, 2.24) is 4.98 Å². The summed E-state index contributed by atoms with van der Waals surface area (Å²) in [6.45, 7) is 7.56. The van der Waals surface area contributed by atoms with Crippen LogP contribution >= 0.6 is 11.3 Å². The molecule has 0 aliphatic rings. The largest absolute Gasteiger partial charge is 0.387 e. The van der Waals surface area contributed by atoms with E-state index < -0.39 is 6.10 Å². The number of aliphatic hydroxyl groups is 1. The van der Waals surface area contributed by atoms with Gasteiger partial charge in [0.05, 0.1) is 11.8 Å². The lowest BCUT2D eigenvalue weighted by molar-refractivity contribution is -0.120. The highest BCUT2D eigenvalue weighted by Crippen LogP contribution is 2.21. The van der Waals surface area contributed by atoms with Gasteiger partial charge in [-0.1, -0.05) is 20.8 Å². The molecule has 90 valence electrons. The van der Waals surface area contributed by atoms with Gasteiger partial charge in [-0.15, -0.1) is 11.3 Å². The van der Waals surface area contributed by atoms with E-state index in [1.165, 1.54) is 11.3 Å². The lowest BCUT2D eigenvalue weighted by Gasteiger charge is -2.13. The number of anilines is 1. The van der Waals surface area contributed by atoms with Crippen molar-refractivity contribution in [2.75, 3.05) is 5.32 Å². The van der Waals surface area contributed by atoms with E-state index >= 15 is 0 Å². The van der Waals surface area contributed by atoms with Crippen LogP contribution in [-0.4, -0.2) is 16.0 Å². The summed E-state index contributed by atoms with van der Waals surface area (Å²) in [5.74, 6) is 0.233. The predicted octanol–water partition coefficient (Wildman–Crippen LogP) is 2.43. The molecule has 0 bridgehead atoms. The highest BCUT2D eigenvalue weighted by molar-refractivity contribution is 7.13. The van der Waals surface area contributed by atoms with E-state index in [4.69, 9.17) is 0 Å². The predicted molar refractivity (Wildman–Crippen MR) is 65.4 cm³/mol. The Balaban J connectivity index is 2.63. The number of rotatable bonds is 4. The third kappa shape index (κ3) is 3.28. The van der Waals surface area contributed by atoms with Gasteiger partial charge in [-0.2, -0.15) is 0 Å². The summed E-state index contributed by atoms with van der Waals surface area (Å²) in [5, 5.41) is 14.4. The summed E-state index contributed by atoms with van der Waals surface area (Å²) >= 11 is 1.33. The van der Waals surface area contributed by atoms with Crippen LogP contribution in [0.3, 0.4) is 0 Å². The maximum Gasteiger partial charge on any atom is 0.229 e. The Labute approximate surface area is 99.7 Å². The van der Waals surface area contributed by atoms with Gasteiger partial charge in [-0.3, -0.25) is 4.79 Å². The topological polar surface area (TPSA) is 62.2 Å². The van der Waals surface area contributed by atoms with E-state index in [0.29, 0.717) is 16.7 Å². The first kappa shape index (κ1) is 13.1. The van der Waals surface area contributed by atoms with Gasteiger partial charge in [0, 0.05) is 11.3 Å². The number of hydrogen-bond acceptors (Lipinski definition) is 4. The molecule has 2 N–H and O–H groups in total. The molecule has 1 amide bonds. The number of aromatic nitrogens is 1. The van der Waals surface area contributed by atoms with Crippen LogP contribution in [0.2, 0.25) is 0 Å². The van der Waals surface area contributed by atoms with Crippen LogP contribution in [-0.2, 0) is 4.79 Å². The maximum absolute atomic E-state index is 11.7. The minimum absolute atomic E-state index is 0.0264. The van der Waals surface area contributed by atoms with Gasteiger partial charge in [0.1, 0.15) is 0 Å². The Hall–Kier alpha value is -0.940. The van der Waals surface area contributed by atoms with Gasteiger partial charge in [0.15, 0.2) is 5.13 Å². The molecule has 2 unspecified atom stereocenters. The second-order valence-corrected chi connectivity index (χ2v) is 5.13. The lowest BCUT2D eigenvalue weighted by Crippen LogP contribution is -2.24. The van der Waals surface area contributed by atoms with Crippen molar-refractivity contribution in [1.29, 1.82) is 0 Å². The Morgan fingerprint density at radius 1 is 1.44 bits per heavy atom. The summed E-state index contributed by atoms with van der Waals surface area (Å²) < 4.78 is 0. The second-order valence-electron chi connectivity index (χ2n) is 4.28. The van der Waals surface area contributed by atoms with Crippen molar-refractivity contribution in [3.63, 3.8) is 0 Å². The van der Waals surface area contributed by atoms with Crippen LogP contribution in [0.4, 0.5) is 5.13 Å². The zero-order chi connectivity index (χ0) is 12.3. The maximum atomic E-state index is 11.7. The average molecular weight is 242 g/mol. The Morgan fingerprint density at radius 2 is 2.06 bits per heavy atom. The Morgan fingerprint density at radius 3 is 2.50 bits per heavy atom. The molecule has 0 aliphatic heterocycles. The third-order valence-electron chi connectivity index (χ3n) is 2.59. The summed E-state index contributed by atoms with van der Waals surface area (Å²) in [7, 11) is 0. The summed E-state index contributed by atoms with van der Waals surface area (Å²) in [6.07, 6.45) is -0.593.